The van der Waals surface area contributed by atoms with E-state index in [4.69, 9.17) is 15.4 Å². The van der Waals surface area contributed by atoms with Crippen LogP contribution < -0.4 is 4.74 Å². The van der Waals surface area contributed by atoms with Gasteiger partial charge in [-0.3, -0.25) is 0 Å². The van der Waals surface area contributed by atoms with Crippen molar-refractivity contribution in [2.75, 3.05) is 7.11 Å². The van der Waals surface area contributed by atoms with E-state index in [2.05, 4.69) is 15.9 Å². The third-order valence-electron chi connectivity index (χ3n) is 2.34. The Morgan fingerprint density at radius 3 is 2.41 bits per heavy atom. The van der Waals surface area contributed by atoms with Gasteiger partial charge in [-0.2, -0.15) is 0 Å². The first-order valence-electron chi connectivity index (χ1n) is 5.03. The van der Waals surface area contributed by atoms with E-state index >= 15 is 0 Å². The zero-order valence-corrected chi connectivity index (χ0v) is 13.0. The summed E-state index contributed by atoms with van der Waals surface area (Å²) in [4.78, 5) is 0. The second kappa shape index (κ2) is 5.59. The Morgan fingerprint density at radius 1 is 1.41 bits per heavy atom. The Balaban J connectivity index is 3.34. The average molecular weight is 342 g/mol. The first-order chi connectivity index (χ1) is 7.74. The van der Waals surface area contributed by atoms with Gasteiger partial charge in [0.05, 0.1) is 17.3 Å². The van der Waals surface area contributed by atoms with Crippen LogP contribution in [-0.4, -0.2) is 15.5 Å². The SMILES string of the molecule is COc1c(Br)cc(C(C)C)cc1CS(=O)(=O)Cl. The maximum absolute atomic E-state index is 11.2. The zero-order valence-electron chi connectivity index (χ0n) is 9.83. The van der Waals surface area contributed by atoms with E-state index in [0.29, 0.717) is 17.2 Å². The van der Waals surface area contributed by atoms with Gasteiger partial charge >= 0.3 is 0 Å². The fourth-order valence-corrected chi connectivity index (χ4v) is 3.15. The molecule has 0 aliphatic carbocycles. The molecule has 1 aromatic carbocycles. The van der Waals surface area contributed by atoms with Gasteiger partial charge in [0.15, 0.2) is 0 Å². The van der Waals surface area contributed by atoms with Gasteiger partial charge in [0.2, 0.25) is 9.05 Å². The number of ether oxygens (including phenoxy) is 1. The molecule has 96 valence electrons. The maximum atomic E-state index is 11.2. The highest BCUT2D eigenvalue weighted by atomic mass is 79.9. The normalized spacial score (nSPS) is 11.9. The topological polar surface area (TPSA) is 43.4 Å². The van der Waals surface area contributed by atoms with Crippen molar-refractivity contribution in [1.29, 1.82) is 0 Å². The third kappa shape index (κ3) is 4.16. The number of hydrogen-bond donors (Lipinski definition) is 0. The lowest BCUT2D eigenvalue weighted by atomic mass is 10.0. The Kier molecular flexibility index (Phi) is 4.86. The minimum atomic E-state index is -3.60. The van der Waals surface area contributed by atoms with Gasteiger partial charge in [0.1, 0.15) is 5.75 Å². The summed E-state index contributed by atoms with van der Waals surface area (Å²) in [7, 11) is 3.18. The molecule has 0 spiro atoms. The summed E-state index contributed by atoms with van der Waals surface area (Å²) in [6.07, 6.45) is 0. The molecule has 0 heterocycles. The van der Waals surface area contributed by atoms with Crippen LogP contribution in [0.1, 0.15) is 30.9 Å². The lowest BCUT2D eigenvalue weighted by Gasteiger charge is -2.14. The molecule has 0 amide bonds. The van der Waals surface area contributed by atoms with Crippen molar-refractivity contribution >= 4 is 35.7 Å². The molecule has 0 saturated heterocycles. The minimum absolute atomic E-state index is 0.239. The second-order valence-corrected chi connectivity index (χ2v) is 7.66. The molecule has 0 fully saturated rings. The van der Waals surface area contributed by atoms with E-state index < -0.39 is 9.05 Å². The Labute approximate surface area is 115 Å². The zero-order chi connectivity index (χ0) is 13.2. The van der Waals surface area contributed by atoms with E-state index in [1.165, 1.54) is 7.11 Å². The molecular weight excluding hydrogens is 328 g/mol. The molecule has 0 unspecified atom stereocenters. The smallest absolute Gasteiger partial charge is 0.236 e. The summed E-state index contributed by atoms with van der Waals surface area (Å²) in [5, 5.41) is 0. The van der Waals surface area contributed by atoms with E-state index in [1.807, 2.05) is 26.0 Å². The number of hydrogen-bond acceptors (Lipinski definition) is 3. The van der Waals surface area contributed by atoms with E-state index in [0.717, 1.165) is 10.0 Å². The van der Waals surface area contributed by atoms with Crippen LogP contribution in [-0.2, 0) is 14.8 Å². The fourth-order valence-electron chi connectivity index (χ4n) is 1.53. The quantitative estimate of drug-likeness (QED) is 0.785. The number of benzene rings is 1. The van der Waals surface area contributed by atoms with Crippen molar-refractivity contribution in [2.24, 2.45) is 0 Å². The summed E-state index contributed by atoms with van der Waals surface area (Å²) in [5.41, 5.74) is 1.61. The summed E-state index contributed by atoms with van der Waals surface area (Å²) in [5.74, 6) is 0.573. The van der Waals surface area contributed by atoms with Gasteiger partial charge in [-0.1, -0.05) is 19.9 Å². The van der Waals surface area contributed by atoms with Gasteiger partial charge in [0.25, 0.3) is 0 Å². The van der Waals surface area contributed by atoms with Crippen LogP contribution in [0.3, 0.4) is 0 Å². The predicted octanol–water partition coefficient (Wildman–Crippen LogP) is 3.65. The van der Waals surface area contributed by atoms with E-state index in [9.17, 15) is 8.42 Å². The van der Waals surface area contributed by atoms with Crippen molar-refractivity contribution < 1.29 is 13.2 Å². The lowest BCUT2D eigenvalue weighted by molar-refractivity contribution is 0.408. The Bertz CT molecular complexity index is 512. The monoisotopic (exact) mass is 340 g/mol. The Morgan fingerprint density at radius 2 is 2.00 bits per heavy atom. The van der Waals surface area contributed by atoms with Crippen LogP contribution >= 0.6 is 26.6 Å². The molecule has 0 aliphatic rings. The van der Waals surface area contributed by atoms with Crippen molar-refractivity contribution in [2.45, 2.75) is 25.5 Å². The Hall–Kier alpha value is -0.260. The molecule has 3 nitrogen and oxygen atoms in total. The van der Waals surface area contributed by atoms with Crippen molar-refractivity contribution in [3.63, 3.8) is 0 Å². The molecule has 0 aliphatic heterocycles. The first-order valence-corrected chi connectivity index (χ1v) is 8.30. The van der Waals surface area contributed by atoms with Crippen molar-refractivity contribution in [3.05, 3.63) is 27.7 Å². The van der Waals surface area contributed by atoms with Crippen LogP contribution in [0.25, 0.3) is 0 Å². The molecule has 6 heteroatoms. The van der Waals surface area contributed by atoms with Crippen LogP contribution in [0.2, 0.25) is 0 Å². The highest BCUT2D eigenvalue weighted by molar-refractivity contribution is 9.10. The number of halogens is 2. The fraction of sp³-hybridized carbons (Fsp3) is 0.455. The summed E-state index contributed by atoms with van der Waals surface area (Å²) < 4.78 is 28.2. The van der Waals surface area contributed by atoms with Gasteiger partial charge in [-0.05, 0) is 33.5 Å². The van der Waals surface area contributed by atoms with E-state index in [-0.39, 0.29) is 5.75 Å². The van der Waals surface area contributed by atoms with Gasteiger partial charge in [-0.15, -0.1) is 0 Å². The van der Waals surface area contributed by atoms with Crippen LogP contribution in [0, 0.1) is 0 Å². The maximum Gasteiger partial charge on any atom is 0.236 e. The molecule has 0 atom stereocenters. The largest absolute Gasteiger partial charge is 0.495 e. The van der Waals surface area contributed by atoms with Crippen LogP contribution in [0.4, 0.5) is 0 Å². The summed E-state index contributed by atoms with van der Waals surface area (Å²) >= 11 is 3.37. The molecule has 0 aromatic heterocycles. The standard InChI is InChI=1S/C11H14BrClO3S/c1-7(2)8-4-9(6-17(13,14)15)11(16-3)10(12)5-8/h4-5,7H,6H2,1-3H3. The minimum Gasteiger partial charge on any atom is -0.495 e. The highest BCUT2D eigenvalue weighted by Crippen LogP contribution is 2.34. The molecular formula is C11H14BrClO3S. The summed E-state index contributed by atoms with van der Waals surface area (Å²) in [6, 6.07) is 3.74. The molecule has 0 radical (unpaired) electrons. The third-order valence-corrected chi connectivity index (χ3v) is 3.91. The lowest BCUT2D eigenvalue weighted by Crippen LogP contribution is -2.01. The highest BCUT2D eigenvalue weighted by Gasteiger charge is 2.16. The molecule has 0 N–H and O–H groups in total. The van der Waals surface area contributed by atoms with E-state index in [1.54, 1.807) is 0 Å². The predicted molar refractivity (Wildman–Crippen MR) is 73.3 cm³/mol. The van der Waals surface area contributed by atoms with Crippen LogP contribution in [0.15, 0.2) is 16.6 Å². The van der Waals surface area contributed by atoms with Crippen molar-refractivity contribution in [3.8, 4) is 5.75 Å². The van der Waals surface area contributed by atoms with Gasteiger partial charge in [-0.25, -0.2) is 8.42 Å². The van der Waals surface area contributed by atoms with Crippen LogP contribution in [0.5, 0.6) is 5.75 Å². The number of methoxy groups -OCH3 is 1. The van der Waals surface area contributed by atoms with Crippen molar-refractivity contribution in [1.82, 2.24) is 0 Å². The molecule has 0 saturated carbocycles. The number of rotatable bonds is 4. The summed E-state index contributed by atoms with van der Waals surface area (Å²) in [6.45, 7) is 4.07. The average Bonchev–Trinajstić information content (AvgIpc) is 2.14. The van der Waals surface area contributed by atoms with Gasteiger partial charge in [0, 0.05) is 16.2 Å². The first kappa shape index (κ1) is 14.8. The van der Waals surface area contributed by atoms with Gasteiger partial charge < -0.3 is 4.74 Å². The molecule has 0 bridgehead atoms. The second-order valence-electron chi connectivity index (χ2n) is 4.03. The molecule has 17 heavy (non-hydrogen) atoms. The molecule has 1 rings (SSSR count). The molecule has 1 aromatic rings.